The second-order valence-electron chi connectivity index (χ2n) is 5.22. The SMILES string of the molecule is COc1cc(OC)nc(NC(=S)NCc2ccc(-c3ccccc3)o2)n1. The third-order valence-electron chi connectivity index (χ3n) is 3.47. The van der Waals surface area contributed by atoms with Gasteiger partial charge in [0.2, 0.25) is 17.7 Å². The van der Waals surface area contributed by atoms with Crippen LogP contribution in [0.2, 0.25) is 0 Å². The zero-order valence-electron chi connectivity index (χ0n) is 14.4. The van der Waals surface area contributed by atoms with Crippen LogP contribution in [0.4, 0.5) is 5.95 Å². The Morgan fingerprint density at radius 2 is 1.73 bits per heavy atom. The zero-order chi connectivity index (χ0) is 18.4. The van der Waals surface area contributed by atoms with E-state index in [4.69, 9.17) is 26.1 Å². The molecule has 26 heavy (non-hydrogen) atoms. The maximum absolute atomic E-state index is 5.82. The maximum Gasteiger partial charge on any atom is 0.235 e. The molecule has 0 aliphatic carbocycles. The third kappa shape index (κ3) is 4.48. The molecular weight excluding hydrogens is 352 g/mol. The molecule has 0 spiro atoms. The number of hydrogen-bond donors (Lipinski definition) is 2. The Balaban J connectivity index is 1.59. The molecule has 0 saturated carbocycles. The molecule has 2 heterocycles. The summed E-state index contributed by atoms with van der Waals surface area (Å²) in [5.41, 5.74) is 1.02. The molecule has 8 heteroatoms. The van der Waals surface area contributed by atoms with Gasteiger partial charge in [-0.15, -0.1) is 0 Å². The van der Waals surface area contributed by atoms with Gasteiger partial charge >= 0.3 is 0 Å². The van der Waals surface area contributed by atoms with Crippen LogP contribution >= 0.6 is 12.2 Å². The highest BCUT2D eigenvalue weighted by atomic mass is 32.1. The van der Waals surface area contributed by atoms with Crippen LogP contribution in [-0.2, 0) is 6.54 Å². The predicted octanol–water partition coefficient (Wildman–Crippen LogP) is 3.24. The van der Waals surface area contributed by atoms with Crippen molar-refractivity contribution in [3.05, 3.63) is 54.3 Å². The topological polar surface area (TPSA) is 81.4 Å². The Morgan fingerprint density at radius 3 is 2.38 bits per heavy atom. The van der Waals surface area contributed by atoms with Crippen LogP contribution in [0.15, 0.2) is 52.9 Å². The van der Waals surface area contributed by atoms with E-state index in [-0.39, 0.29) is 5.95 Å². The smallest absolute Gasteiger partial charge is 0.235 e. The lowest BCUT2D eigenvalue weighted by Gasteiger charge is -2.10. The lowest BCUT2D eigenvalue weighted by molar-refractivity contribution is 0.373. The summed E-state index contributed by atoms with van der Waals surface area (Å²) in [4.78, 5) is 8.33. The summed E-state index contributed by atoms with van der Waals surface area (Å²) in [6, 6.07) is 15.3. The normalized spacial score (nSPS) is 10.2. The molecule has 0 amide bonds. The number of nitrogens with one attached hydrogen (secondary N) is 2. The number of furan rings is 1. The van der Waals surface area contributed by atoms with Crippen LogP contribution in [0.3, 0.4) is 0 Å². The number of benzene rings is 1. The average molecular weight is 370 g/mol. The number of rotatable bonds is 6. The highest BCUT2D eigenvalue weighted by molar-refractivity contribution is 7.80. The fourth-order valence-corrected chi connectivity index (χ4v) is 2.38. The monoisotopic (exact) mass is 370 g/mol. The molecule has 0 atom stereocenters. The lowest BCUT2D eigenvalue weighted by atomic mass is 10.2. The molecule has 2 N–H and O–H groups in total. The summed E-state index contributed by atoms with van der Waals surface area (Å²) in [5.74, 6) is 2.60. The number of methoxy groups -OCH3 is 2. The Kier molecular flexibility index (Phi) is 5.65. The van der Waals surface area contributed by atoms with E-state index >= 15 is 0 Å². The fourth-order valence-electron chi connectivity index (χ4n) is 2.21. The van der Waals surface area contributed by atoms with Crippen LogP contribution in [0.5, 0.6) is 11.8 Å². The molecule has 1 aromatic carbocycles. The number of nitrogens with zero attached hydrogens (tertiary/aromatic N) is 2. The minimum Gasteiger partial charge on any atom is -0.481 e. The molecule has 7 nitrogen and oxygen atoms in total. The molecule has 0 unspecified atom stereocenters. The summed E-state index contributed by atoms with van der Waals surface area (Å²) < 4.78 is 16.0. The highest BCUT2D eigenvalue weighted by Gasteiger charge is 2.08. The molecular formula is C18H18N4O3S. The first-order valence-corrected chi connectivity index (χ1v) is 8.25. The first kappa shape index (κ1) is 17.7. The molecule has 0 radical (unpaired) electrons. The van der Waals surface area contributed by atoms with Crippen LogP contribution in [0, 0.1) is 0 Å². The van der Waals surface area contributed by atoms with Gasteiger partial charge in [0.25, 0.3) is 0 Å². The second-order valence-corrected chi connectivity index (χ2v) is 5.62. The average Bonchev–Trinajstić information content (AvgIpc) is 3.16. The van der Waals surface area contributed by atoms with Crippen molar-refractivity contribution in [2.24, 2.45) is 0 Å². The van der Waals surface area contributed by atoms with Gasteiger partial charge in [-0.05, 0) is 24.4 Å². The van der Waals surface area contributed by atoms with E-state index in [9.17, 15) is 0 Å². The van der Waals surface area contributed by atoms with E-state index in [1.54, 1.807) is 6.07 Å². The van der Waals surface area contributed by atoms with Crippen molar-refractivity contribution >= 4 is 23.3 Å². The van der Waals surface area contributed by atoms with Gasteiger partial charge in [-0.2, -0.15) is 9.97 Å². The van der Waals surface area contributed by atoms with Crippen LogP contribution in [-0.4, -0.2) is 29.3 Å². The van der Waals surface area contributed by atoms with E-state index in [0.29, 0.717) is 23.4 Å². The van der Waals surface area contributed by atoms with Gasteiger partial charge in [0, 0.05) is 5.56 Å². The maximum atomic E-state index is 5.82. The molecule has 0 aliphatic heterocycles. The minimum atomic E-state index is 0.281. The lowest BCUT2D eigenvalue weighted by Crippen LogP contribution is -2.28. The second kappa shape index (κ2) is 8.30. The van der Waals surface area contributed by atoms with Crippen molar-refractivity contribution in [3.8, 4) is 23.1 Å². The van der Waals surface area contributed by atoms with Gasteiger partial charge in [-0.3, -0.25) is 0 Å². The molecule has 0 saturated heterocycles. The summed E-state index contributed by atoms with van der Waals surface area (Å²) in [7, 11) is 3.03. The molecule has 2 aromatic heterocycles. The van der Waals surface area contributed by atoms with E-state index in [1.807, 2.05) is 42.5 Å². The number of aromatic nitrogens is 2. The van der Waals surface area contributed by atoms with Crippen molar-refractivity contribution in [1.82, 2.24) is 15.3 Å². The molecule has 134 valence electrons. The van der Waals surface area contributed by atoms with Gasteiger partial charge in [-0.25, -0.2) is 0 Å². The van der Waals surface area contributed by atoms with E-state index in [2.05, 4.69) is 20.6 Å². The van der Waals surface area contributed by atoms with Crippen LogP contribution in [0.25, 0.3) is 11.3 Å². The van der Waals surface area contributed by atoms with Gasteiger partial charge < -0.3 is 24.5 Å². The minimum absolute atomic E-state index is 0.281. The van der Waals surface area contributed by atoms with Gasteiger partial charge in [0.15, 0.2) is 5.11 Å². The number of hydrogen-bond acceptors (Lipinski definition) is 6. The fraction of sp³-hybridized carbons (Fsp3) is 0.167. The number of thiocarbonyl (C=S) groups is 1. The van der Waals surface area contributed by atoms with Gasteiger partial charge in [0.05, 0.1) is 26.8 Å². The van der Waals surface area contributed by atoms with Crippen molar-refractivity contribution < 1.29 is 13.9 Å². The highest BCUT2D eigenvalue weighted by Crippen LogP contribution is 2.21. The van der Waals surface area contributed by atoms with Crippen molar-refractivity contribution in [1.29, 1.82) is 0 Å². The van der Waals surface area contributed by atoms with E-state index in [0.717, 1.165) is 17.1 Å². The van der Waals surface area contributed by atoms with Crippen molar-refractivity contribution in [3.63, 3.8) is 0 Å². The van der Waals surface area contributed by atoms with Crippen molar-refractivity contribution in [2.45, 2.75) is 6.54 Å². The Labute approximate surface area is 156 Å². The van der Waals surface area contributed by atoms with Crippen LogP contribution < -0.4 is 20.1 Å². The summed E-state index contributed by atoms with van der Waals surface area (Å²) in [5, 5.41) is 6.31. The zero-order valence-corrected chi connectivity index (χ0v) is 15.2. The summed E-state index contributed by atoms with van der Waals surface area (Å²) >= 11 is 5.27. The largest absolute Gasteiger partial charge is 0.481 e. The Hall–Kier alpha value is -3.13. The molecule has 0 aliphatic rings. The standard InChI is InChI=1S/C18H18N4O3S/c1-23-15-10-16(24-2)21-17(20-15)22-18(26)19-11-13-8-9-14(25-13)12-6-4-3-5-7-12/h3-10H,11H2,1-2H3,(H2,19,20,21,22,26). The quantitative estimate of drug-likeness (QED) is 0.640. The molecule has 0 fully saturated rings. The Bertz CT molecular complexity index is 861. The third-order valence-corrected chi connectivity index (χ3v) is 3.71. The summed E-state index contributed by atoms with van der Waals surface area (Å²) in [6.45, 7) is 0.430. The predicted molar refractivity (Wildman–Crippen MR) is 102 cm³/mol. The van der Waals surface area contributed by atoms with E-state index in [1.165, 1.54) is 14.2 Å². The van der Waals surface area contributed by atoms with Crippen molar-refractivity contribution in [2.75, 3.05) is 19.5 Å². The summed E-state index contributed by atoms with van der Waals surface area (Å²) in [6.07, 6.45) is 0. The van der Waals surface area contributed by atoms with Gasteiger partial charge in [-0.1, -0.05) is 30.3 Å². The molecule has 3 aromatic rings. The van der Waals surface area contributed by atoms with Gasteiger partial charge in [0.1, 0.15) is 11.5 Å². The van der Waals surface area contributed by atoms with Crippen LogP contribution in [0.1, 0.15) is 5.76 Å². The number of ether oxygens (including phenoxy) is 2. The first-order chi connectivity index (χ1) is 12.7. The molecule has 0 bridgehead atoms. The number of anilines is 1. The first-order valence-electron chi connectivity index (χ1n) is 7.84. The van der Waals surface area contributed by atoms with E-state index < -0.39 is 0 Å². The Morgan fingerprint density at radius 1 is 1.04 bits per heavy atom. The molecule has 3 rings (SSSR count).